The number of amides is 1. The van der Waals surface area contributed by atoms with Crippen molar-refractivity contribution in [1.29, 1.82) is 0 Å². The molecule has 0 saturated carbocycles. The van der Waals surface area contributed by atoms with Crippen molar-refractivity contribution < 1.29 is 9.21 Å². The number of carbonyl (C=O) groups excluding carboxylic acids is 1. The zero-order chi connectivity index (χ0) is 13.1. The number of rotatable bonds is 4. The smallest absolute Gasteiger partial charge is 0.268 e. The van der Waals surface area contributed by atoms with Crippen LogP contribution < -0.4 is 11.1 Å². The molecular weight excluding hydrogens is 230 g/mol. The zero-order valence-corrected chi connectivity index (χ0v) is 10.5. The standard InChI is InChI=1S/C13H17N3O2/c1-3-16-8-10(14)7-11(16)13(17)15-9(2)12-5-4-6-18-12/h4-9H,3,14H2,1-2H3,(H,15,17). The summed E-state index contributed by atoms with van der Waals surface area (Å²) >= 11 is 0. The van der Waals surface area contributed by atoms with Gasteiger partial charge >= 0.3 is 0 Å². The molecule has 18 heavy (non-hydrogen) atoms. The monoisotopic (exact) mass is 247 g/mol. The van der Waals surface area contributed by atoms with Crippen LogP contribution >= 0.6 is 0 Å². The van der Waals surface area contributed by atoms with Crippen molar-refractivity contribution in [1.82, 2.24) is 9.88 Å². The number of nitrogens with two attached hydrogens (primary N) is 1. The predicted octanol–water partition coefficient (Wildman–Crippen LogP) is 2.17. The molecule has 2 aromatic rings. The van der Waals surface area contributed by atoms with Crippen LogP contribution in [0.5, 0.6) is 0 Å². The summed E-state index contributed by atoms with van der Waals surface area (Å²) in [5.41, 5.74) is 6.85. The Morgan fingerprint density at radius 2 is 2.39 bits per heavy atom. The number of carbonyl (C=O) groups is 1. The maximum atomic E-state index is 12.1. The third-order valence-electron chi connectivity index (χ3n) is 2.81. The highest BCUT2D eigenvalue weighted by Gasteiger charge is 2.16. The van der Waals surface area contributed by atoms with Gasteiger partial charge in [-0.3, -0.25) is 4.79 Å². The maximum Gasteiger partial charge on any atom is 0.268 e. The highest BCUT2D eigenvalue weighted by molar-refractivity contribution is 5.94. The highest BCUT2D eigenvalue weighted by atomic mass is 16.3. The first-order valence-corrected chi connectivity index (χ1v) is 5.91. The Balaban J connectivity index is 2.12. The minimum atomic E-state index is -0.172. The van der Waals surface area contributed by atoms with Gasteiger partial charge in [-0.25, -0.2) is 0 Å². The van der Waals surface area contributed by atoms with Crippen molar-refractivity contribution in [3.8, 4) is 0 Å². The molecule has 1 atom stereocenters. The molecule has 0 aliphatic rings. The fourth-order valence-electron chi connectivity index (χ4n) is 1.86. The van der Waals surface area contributed by atoms with E-state index in [1.807, 2.05) is 24.5 Å². The van der Waals surface area contributed by atoms with Crippen molar-refractivity contribution in [3.05, 3.63) is 42.1 Å². The number of aromatic nitrogens is 1. The summed E-state index contributed by atoms with van der Waals surface area (Å²) in [6.07, 6.45) is 3.34. The molecule has 0 radical (unpaired) electrons. The average molecular weight is 247 g/mol. The van der Waals surface area contributed by atoms with E-state index in [2.05, 4.69) is 5.32 Å². The van der Waals surface area contributed by atoms with Gasteiger partial charge in [0.2, 0.25) is 0 Å². The maximum absolute atomic E-state index is 12.1. The van der Waals surface area contributed by atoms with E-state index in [1.165, 1.54) is 0 Å². The summed E-state index contributed by atoms with van der Waals surface area (Å²) in [6, 6.07) is 5.13. The molecule has 0 aliphatic carbocycles. The number of hydrogen-bond donors (Lipinski definition) is 2. The van der Waals surface area contributed by atoms with Gasteiger partial charge in [0.15, 0.2) is 0 Å². The quantitative estimate of drug-likeness (QED) is 0.869. The van der Waals surface area contributed by atoms with Gasteiger partial charge in [-0.05, 0) is 32.0 Å². The molecule has 0 bridgehead atoms. The van der Waals surface area contributed by atoms with Crippen LogP contribution in [0.25, 0.3) is 0 Å². The Bertz CT molecular complexity index is 528. The van der Waals surface area contributed by atoms with E-state index in [1.54, 1.807) is 24.6 Å². The largest absolute Gasteiger partial charge is 0.467 e. The fraction of sp³-hybridized carbons (Fsp3) is 0.308. The lowest BCUT2D eigenvalue weighted by molar-refractivity contribution is 0.0926. The lowest BCUT2D eigenvalue weighted by atomic mass is 10.2. The number of nitrogens with one attached hydrogen (secondary N) is 1. The first-order valence-electron chi connectivity index (χ1n) is 5.91. The predicted molar refractivity (Wildman–Crippen MR) is 69.1 cm³/mol. The Hall–Kier alpha value is -2.17. The summed E-state index contributed by atoms with van der Waals surface area (Å²) in [6.45, 7) is 4.54. The normalized spacial score (nSPS) is 12.3. The molecule has 0 saturated heterocycles. The van der Waals surface area contributed by atoms with E-state index in [-0.39, 0.29) is 11.9 Å². The van der Waals surface area contributed by atoms with Gasteiger partial charge in [0.05, 0.1) is 18.0 Å². The number of hydrogen-bond acceptors (Lipinski definition) is 3. The molecule has 0 aromatic carbocycles. The van der Waals surface area contributed by atoms with E-state index in [0.717, 1.165) is 5.76 Å². The van der Waals surface area contributed by atoms with Crippen molar-refractivity contribution in [2.24, 2.45) is 0 Å². The van der Waals surface area contributed by atoms with E-state index < -0.39 is 0 Å². The molecule has 0 aliphatic heterocycles. The summed E-state index contributed by atoms with van der Waals surface area (Å²) in [5, 5.41) is 2.88. The Morgan fingerprint density at radius 1 is 1.61 bits per heavy atom. The van der Waals surface area contributed by atoms with E-state index >= 15 is 0 Å². The second kappa shape index (κ2) is 5.00. The molecule has 2 rings (SSSR count). The van der Waals surface area contributed by atoms with E-state index in [4.69, 9.17) is 10.2 Å². The molecule has 0 fully saturated rings. The van der Waals surface area contributed by atoms with Gasteiger partial charge in [0, 0.05) is 12.7 Å². The number of nitrogen functional groups attached to an aromatic ring is 1. The summed E-state index contributed by atoms with van der Waals surface area (Å²) in [5.74, 6) is 0.573. The first-order chi connectivity index (χ1) is 8.61. The number of anilines is 1. The van der Waals surface area contributed by atoms with Gasteiger partial charge in [-0.15, -0.1) is 0 Å². The molecule has 2 heterocycles. The highest BCUT2D eigenvalue weighted by Crippen LogP contribution is 2.15. The average Bonchev–Trinajstić information content (AvgIpc) is 2.96. The third-order valence-corrected chi connectivity index (χ3v) is 2.81. The van der Waals surface area contributed by atoms with E-state index in [9.17, 15) is 4.79 Å². The van der Waals surface area contributed by atoms with Crippen LogP contribution in [0.2, 0.25) is 0 Å². The Kier molecular flexibility index (Phi) is 3.41. The molecule has 0 spiro atoms. The molecule has 1 unspecified atom stereocenters. The van der Waals surface area contributed by atoms with Crippen molar-refractivity contribution in [3.63, 3.8) is 0 Å². The van der Waals surface area contributed by atoms with Crippen molar-refractivity contribution in [2.75, 3.05) is 5.73 Å². The van der Waals surface area contributed by atoms with Crippen LogP contribution in [0.15, 0.2) is 35.1 Å². The number of nitrogens with zero attached hydrogens (tertiary/aromatic N) is 1. The van der Waals surface area contributed by atoms with Crippen LogP contribution in [0.4, 0.5) is 5.69 Å². The van der Waals surface area contributed by atoms with Gasteiger partial charge in [-0.1, -0.05) is 0 Å². The molecule has 5 nitrogen and oxygen atoms in total. The molecule has 5 heteroatoms. The lowest BCUT2D eigenvalue weighted by Gasteiger charge is -2.12. The van der Waals surface area contributed by atoms with Gasteiger partial charge in [0.25, 0.3) is 5.91 Å². The summed E-state index contributed by atoms with van der Waals surface area (Å²) in [7, 11) is 0. The zero-order valence-electron chi connectivity index (χ0n) is 10.5. The van der Waals surface area contributed by atoms with Gasteiger partial charge < -0.3 is 20.0 Å². The van der Waals surface area contributed by atoms with Crippen LogP contribution in [0.1, 0.15) is 36.1 Å². The van der Waals surface area contributed by atoms with Crippen molar-refractivity contribution in [2.45, 2.75) is 26.4 Å². The van der Waals surface area contributed by atoms with Crippen LogP contribution in [0.3, 0.4) is 0 Å². The topological polar surface area (TPSA) is 73.2 Å². The number of furan rings is 1. The second-order valence-corrected chi connectivity index (χ2v) is 4.16. The summed E-state index contributed by atoms with van der Waals surface area (Å²) in [4.78, 5) is 12.1. The lowest BCUT2D eigenvalue weighted by Crippen LogP contribution is -2.28. The SMILES string of the molecule is CCn1cc(N)cc1C(=O)NC(C)c1ccco1. The summed E-state index contributed by atoms with van der Waals surface area (Å²) < 4.78 is 7.07. The second-order valence-electron chi connectivity index (χ2n) is 4.16. The minimum absolute atomic E-state index is 0.155. The van der Waals surface area contributed by atoms with Gasteiger partial charge in [-0.2, -0.15) is 0 Å². The fourth-order valence-corrected chi connectivity index (χ4v) is 1.86. The van der Waals surface area contributed by atoms with Crippen LogP contribution in [-0.4, -0.2) is 10.5 Å². The minimum Gasteiger partial charge on any atom is -0.467 e. The van der Waals surface area contributed by atoms with Gasteiger partial charge in [0.1, 0.15) is 11.5 Å². The molecule has 1 amide bonds. The Morgan fingerprint density at radius 3 is 3.00 bits per heavy atom. The molecule has 3 N–H and O–H groups in total. The molecule has 96 valence electrons. The Labute approximate surface area is 106 Å². The van der Waals surface area contributed by atoms with Crippen LogP contribution in [-0.2, 0) is 6.54 Å². The number of aryl methyl sites for hydroxylation is 1. The molecule has 2 aromatic heterocycles. The van der Waals surface area contributed by atoms with Crippen LogP contribution in [0, 0.1) is 0 Å². The first kappa shape index (κ1) is 12.3. The van der Waals surface area contributed by atoms with Crippen molar-refractivity contribution >= 4 is 11.6 Å². The molecular formula is C13H17N3O2. The third kappa shape index (κ3) is 2.40. The van der Waals surface area contributed by atoms with E-state index in [0.29, 0.717) is 17.9 Å².